The number of anilines is 2. The van der Waals surface area contributed by atoms with Crippen molar-refractivity contribution >= 4 is 70.4 Å². The average Bonchev–Trinajstić information content (AvgIpc) is 1.08. The van der Waals surface area contributed by atoms with Gasteiger partial charge in [0.15, 0.2) is 0 Å². The maximum absolute atomic E-state index is 14.5. The van der Waals surface area contributed by atoms with Crippen LogP contribution >= 0.6 is 23.2 Å². The molecule has 8 rings (SSSR count). The number of piperazine rings is 2. The molecule has 0 aliphatic carbocycles. The van der Waals surface area contributed by atoms with E-state index in [1.54, 1.807) is 56.0 Å². The van der Waals surface area contributed by atoms with Gasteiger partial charge in [0.2, 0.25) is 11.8 Å². The molecular formula is C70H82Cl2F2N6O10. The third kappa shape index (κ3) is 18.0. The van der Waals surface area contributed by atoms with Crippen molar-refractivity contribution in [3.05, 3.63) is 179 Å². The van der Waals surface area contributed by atoms with E-state index in [1.165, 1.54) is 58.3 Å². The summed E-state index contributed by atoms with van der Waals surface area (Å²) in [5.74, 6) is -0.959. The number of amides is 6. The summed E-state index contributed by atoms with van der Waals surface area (Å²) in [6, 6.07) is 37.2. The second kappa shape index (κ2) is 30.5. The molecule has 16 nitrogen and oxygen atoms in total. The highest BCUT2D eigenvalue weighted by Gasteiger charge is 2.44. The number of carbonyl (C=O) groups is 6. The summed E-state index contributed by atoms with van der Waals surface area (Å²) in [5.41, 5.74) is 1.82. The fourth-order valence-electron chi connectivity index (χ4n) is 10.8. The van der Waals surface area contributed by atoms with Gasteiger partial charge in [-0.05, 0) is 174 Å². The molecule has 2 fully saturated rings. The van der Waals surface area contributed by atoms with Crippen molar-refractivity contribution in [2.45, 2.75) is 118 Å². The molecular weight excluding hydrogens is 1190 g/mol. The van der Waals surface area contributed by atoms with Crippen LogP contribution in [0, 0.1) is 37.3 Å². The van der Waals surface area contributed by atoms with E-state index in [0.717, 1.165) is 0 Å². The van der Waals surface area contributed by atoms with Crippen molar-refractivity contribution in [1.29, 1.82) is 0 Å². The molecule has 6 aromatic rings. The second-order valence-corrected chi connectivity index (χ2v) is 25.5. The zero-order valence-electron chi connectivity index (χ0n) is 53.3. The molecule has 0 spiro atoms. The topological polar surface area (TPSA) is 159 Å². The lowest BCUT2D eigenvalue weighted by molar-refractivity contribution is -0.138. The Morgan fingerprint density at radius 2 is 0.822 bits per heavy atom. The van der Waals surface area contributed by atoms with E-state index in [1.807, 2.05) is 144 Å². The number of carbonyl (C=O) groups excluding carboxylic acids is 6. The zero-order valence-corrected chi connectivity index (χ0v) is 54.8. The van der Waals surface area contributed by atoms with Crippen molar-refractivity contribution in [2.75, 3.05) is 60.8 Å². The fraction of sp³-hybridized carbons (Fsp3) is 0.400. The molecule has 90 heavy (non-hydrogen) atoms. The number of rotatable bonds is 16. The van der Waals surface area contributed by atoms with Gasteiger partial charge in [-0.2, -0.15) is 0 Å². The van der Waals surface area contributed by atoms with Crippen LogP contribution < -0.4 is 19.3 Å². The fourth-order valence-corrected chi connectivity index (χ4v) is 11.1. The summed E-state index contributed by atoms with van der Waals surface area (Å²) >= 11 is 12.3. The van der Waals surface area contributed by atoms with Crippen LogP contribution in [0.25, 0.3) is 0 Å². The van der Waals surface area contributed by atoms with Crippen molar-refractivity contribution in [2.24, 2.45) is 11.8 Å². The Hall–Kier alpha value is -8.22. The van der Waals surface area contributed by atoms with E-state index in [-0.39, 0.29) is 86.8 Å². The summed E-state index contributed by atoms with van der Waals surface area (Å²) in [6.45, 7) is 23.9. The molecule has 2 aliphatic heterocycles. The van der Waals surface area contributed by atoms with E-state index in [9.17, 15) is 37.5 Å². The molecule has 0 radical (unpaired) electrons. The van der Waals surface area contributed by atoms with E-state index in [0.29, 0.717) is 56.6 Å². The van der Waals surface area contributed by atoms with Crippen molar-refractivity contribution in [1.82, 2.24) is 19.6 Å². The van der Waals surface area contributed by atoms with E-state index in [4.69, 9.17) is 42.1 Å². The minimum atomic E-state index is -1.14. The quantitative estimate of drug-likeness (QED) is 0.0854. The smallest absolute Gasteiger partial charge is 0.410 e. The number of halogens is 4. The van der Waals surface area contributed by atoms with Crippen LogP contribution in [0.2, 0.25) is 0 Å². The third-order valence-electron chi connectivity index (χ3n) is 15.2. The SMILES string of the molecule is Cc1cc(Oc2ccccc2)ccc1N(C(=O)CCl)[C@@H](C(=O)N1CCN(C(=O)OC(C)(C)C)[C@H](C(C)C)C1)c1ccc(F)cc1.Cc1cc(Oc2ccccc2)ccc1N(C(=O)CCl)[C@H](C(=O)N1CCN(C(=O)OC(C)(C)C)[C@H](C(C)C)C1)c1ccc(F)cc1. The van der Waals surface area contributed by atoms with Gasteiger partial charge in [-0.25, -0.2) is 18.4 Å². The first-order chi connectivity index (χ1) is 42.6. The van der Waals surface area contributed by atoms with Gasteiger partial charge in [0.25, 0.3) is 11.8 Å². The molecule has 2 heterocycles. The highest BCUT2D eigenvalue weighted by Crippen LogP contribution is 2.39. The lowest BCUT2D eigenvalue weighted by Gasteiger charge is -2.45. The monoisotopic (exact) mass is 1270 g/mol. The Morgan fingerprint density at radius 1 is 0.489 bits per heavy atom. The number of ether oxygens (including phenoxy) is 4. The molecule has 0 N–H and O–H groups in total. The molecule has 20 heteroatoms. The lowest BCUT2D eigenvalue weighted by atomic mass is 9.97. The summed E-state index contributed by atoms with van der Waals surface area (Å²) in [6.07, 6.45) is -0.869. The van der Waals surface area contributed by atoms with Crippen LogP contribution in [0.4, 0.5) is 29.7 Å². The van der Waals surface area contributed by atoms with Gasteiger partial charge in [0, 0.05) is 50.6 Å². The van der Waals surface area contributed by atoms with Crippen molar-refractivity contribution in [3.8, 4) is 23.0 Å². The summed E-state index contributed by atoms with van der Waals surface area (Å²) in [7, 11) is 0. The van der Waals surface area contributed by atoms with E-state index in [2.05, 4.69) is 0 Å². The standard InChI is InChI=1S/2C35H41ClFN3O5/c2*1-23(2)30-22-38(18-19-39(30)34(43)45-35(4,5)6)33(42)32(25-12-14-26(37)15-13-25)40(31(41)21-36)29-17-16-28(20-24(29)3)44-27-10-8-7-9-11-27/h2*7-17,20,23,30,32H,18-19,21-22H2,1-6H3/t30-,32+;30-,32-/m00/s1. The number of para-hydroxylation sites is 2. The Balaban J connectivity index is 0.000000256. The second-order valence-electron chi connectivity index (χ2n) is 25.0. The van der Waals surface area contributed by atoms with Crippen LogP contribution in [0.5, 0.6) is 23.0 Å². The number of nitrogens with zero attached hydrogens (tertiary/aromatic N) is 6. The van der Waals surface area contributed by atoms with Gasteiger partial charge < -0.3 is 38.5 Å². The van der Waals surface area contributed by atoms with Gasteiger partial charge in [0.05, 0.1) is 12.1 Å². The van der Waals surface area contributed by atoms with Crippen LogP contribution in [0.1, 0.15) is 104 Å². The Kier molecular flexibility index (Phi) is 23.5. The first-order valence-corrected chi connectivity index (χ1v) is 31.2. The number of aryl methyl sites for hydroxylation is 2. The Bertz CT molecular complexity index is 3210. The molecule has 0 bridgehead atoms. The van der Waals surface area contributed by atoms with Gasteiger partial charge in [0.1, 0.15) is 69.7 Å². The molecule has 2 aliphatic rings. The summed E-state index contributed by atoms with van der Waals surface area (Å²) in [5, 5.41) is 0. The van der Waals surface area contributed by atoms with Crippen LogP contribution in [-0.4, -0.2) is 130 Å². The number of hydrogen-bond donors (Lipinski definition) is 0. The van der Waals surface area contributed by atoms with Crippen molar-refractivity contribution in [3.63, 3.8) is 0 Å². The van der Waals surface area contributed by atoms with Crippen molar-refractivity contribution < 1.29 is 56.5 Å². The lowest BCUT2D eigenvalue weighted by Crippen LogP contribution is -2.60. The van der Waals surface area contributed by atoms with E-state index < -0.39 is 58.9 Å². The number of benzene rings is 6. The van der Waals surface area contributed by atoms with Crippen LogP contribution in [0.15, 0.2) is 146 Å². The normalized spacial score (nSPS) is 15.9. The predicted octanol–water partition coefficient (Wildman–Crippen LogP) is 14.7. The Labute approximate surface area is 537 Å². The summed E-state index contributed by atoms with van der Waals surface area (Å²) in [4.78, 5) is 91.9. The highest BCUT2D eigenvalue weighted by molar-refractivity contribution is 6.30. The van der Waals surface area contributed by atoms with Gasteiger partial charge in [-0.3, -0.25) is 29.0 Å². The maximum atomic E-state index is 14.5. The minimum Gasteiger partial charge on any atom is -0.457 e. The number of alkyl halides is 2. The molecule has 0 aromatic heterocycles. The molecule has 4 atom stereocenters. The average molecular weight is 1280 g/mol. The largest absolute Gasteiger partial charge is 0.457 e. The highest BCUT2D eigenvalue weighted by atomic mass is 35.5. The molecule has 6 aromatic carbocycles. The number of hydrogen-bond acceptors (Lipinski definition) is 10. The first-order valence-electron chi connectivity index (χ1n) is 30.1. The molecule has 480 valence electrons. The molecule has 0 unspecified atom stereocenters. The molecule has 6 amide bonds. The summed E-state index contributed by atoms with van der Waals surface area (Å²) < 4.78 is 51.4. The zero-order chi connectivity index (χ0) is 65.8. The van der Waals surface area contributed by atoms with Crippen LogP contribution in [-0.2, 0) is 28.7 Å². The minimum absolute atomic E-state index is 0.0115. The van der Waals surface area contributed by atoms with Gasteiger partial charge in [-0.1, -0.05) is 88.4 Å². The third-order valence-corrected chi connectivity index (χ3v) is 15.6. The molecule has 0 saturated carbocycles. The van der Waals surface area contributed by atoms with Gasteiger partial charge in [-0.15, -0.1) is 23.2 Å². The Morgan fingerprint density at radius 3 is 1.11 bits per heavy atom. The van der Waals surface area contributed by atoms with Gasteiger partial charge >= 0.3 is 12.2 Å². The predicted molar refractivity (Wildman–Crippen MR) is 346 cm³/mol. The maximum Gasteiger partial charge on any atom is 0.410 e. The first kappa shape index (κ1) is 69.3. The van der Waals surface area contributed by atoms with E-state index >= 15 is 0 Å². The molecule has 2 saturated heterocycles. The van der Waals surface area contributed by atoms with Crippen LogP contribution in [0.3, 0.4) is 0 Å².